The van der Waals surface area contributed by atoms with E-state index in [2.05, 4.69) is 58.0 Å². The molecule has 0 radical (unpaired) electrons. The first-order valence-electron chi connectivity index (χ1n) is 7.37. The van der Waals surface area contributed by atoms with E-state index in [-0.39, 0.29) is 5.60 Å². The molecule has 0 N–H and O–H groups in total. The zero-order chi connectivity index (χ0) is 13.9. The fraction of sp³-hybridized carbons (Fsp3) is 0.647. The highest BCUT2D eigenvalue weighted by atomic mass is 32.2. The first-order chi connectivity index (χ1) is 9.01. The van der Waals surface area contributed by atoms with E-state index >= 15 is 0 Å². The van der Waals surface area contributed by atoms with Crippen LogP contribution in [0.3, 0.4) is 0 Å². The topological polar surface area (TPSA) is 9.23 Å². The summed E-state index contributed by atoms with van der Waals surface area (Å²) < 4.78 is 6.17. The van der Waals surface area contributed by atoms with Gasteiger partial charge in [0.05, 0.1) is 12.2 Å². The summed E-state index contributed by atoms with van der Waals surface area (Å²) in [6, 6.07) is 10.7. The lowest BCUT2D eigenvalue weighted by Gasteiger charge is -2.32. The second-order valence-corrected chi connectivity index (χ2v) is 7.60. The van der Waals surface area contributed by atoms with Gasteiger partial charge in [-0.1, -0.05) is 39.0 Å². The third kappa shape index (κ3) is 3.76. The van der Waals surface area contributed by atoms with Gasteiger partial charge in [0.15, 0.2) is 0 Å². The zero-order valence-corrected chi connectivity index (χ0v) is 13.4. The van der Waals surface area contributed by atoms with E-state index in [1.165, 1.54) is 17.7 Å². The Kier molecular flexibility index (Phi) is 4.97. The van der Waals surface area contributed by atoms with E-state index in [9.17, 15) is 0 Å². The van der Waals surface area contributed by atoms with Crippen molar-refractivity contribution in [2.45, 2.75) is 56.3 Å². The molecule has 1 saturated heterocycles. The number of rotatable bonds is 5. The van der Waals surface area contributed by atoms with Gasteiger partial charge >= 0.3 is 0 Å². The average Bonchev–Trinajstić information content (AvgIpc) is 2.67. The number of hydrogen-bond acceptors (Lipinski definition) is 2. The Hall–Kier alpha value is -0.470. The molecular formula is C17H26OS. The van der Waals surface area contributed by atoms with Crippen molar-refractivity contribution in [3.63, 3.8) is 0 Å². The third-order valence-electron chi connectivity index (χ3n) is 4.02. The van der Waals surface area contributed by atoms with Crippen molar-refractivity contribution < 1.29 is 4.74 Å². The molecule has 1 aliphatic heterocycles. The van der Waals surface area contributed by atoms with Crippen molar-refractivity contribution in [2.24, 2.45) is 11.8 Å². The third-order valence-corrected chi connectivity index (χ3v) is 5.78. The van der Waals surface area contributed by atoms with Crippen LogP contribution in [0.4, 0.5) is 0 Å². The van der Waals surface area contributed by atoms with Crippen LogP contribution < -0.4 is 0 Å². The molecular weight excluding hydrogens is 252 g/mol. The maximum atomic E-state index is 6.17. The summed E-state index contributed by atoms with van der Waals surface area (Å²) >= 11 is 1.99. The molecule has 1 aliphatic rings. The van der Waals surface area contributed by atoms with Gasteiger partial charge in [-0.3, -0.25) is 0 Å². The minimum absolute atomic E-state index is 0.0319. The molecule has 2 heteroatoms. The molecule has 1 heterocycles. The molecule has 0 aliphatic carbocycles. The van der Waals surface area contributed by atoms with Crippen molar-refractivity contribution in [3.05, 3.63) is 30.3 Å². The van der Waals surface area contributed by atoms with Crippen molar-refractivity contribution >= 4 is 11.8 Å². The summed E-state index contributed by atoms with van der Waals surface area (Å²) in [5.41, 5.74) is 0.0319. The van der Waals surface area contributed by atoms with Gasteiger partial charge in [0.2, 0.25) is 0 Å². The molecule has 1 aromatic rings. The van der Waals surface area contributed by atoms with Crippen LogP contribution in [-0.2, 0) is 4.74 Å². The Morgan fingerprint density at radius 3 is 2.63 bits per heavy atom. The molecule has 0 unspecified atom stereocenters. The van der Waals surface area contributed by atoms with Gasteiger partial charge in [0.1, 0.15) is 0 Å². The molecule has 1 nitrogen and oxygen atoms in total. The molecule has 1 fully saturated rings. The highest BCUT2D eigenvalue weighted by Gasteiger charge is 2.44. The average molecular weight is 278 g/mol. The van der Waals surface area contributed by atoms with Crippen LogP contribution in [0.2, 0.25) is 0 Å². The molecule has 0 aromatic heterocycles. The van der Waals surface area contributed by atoms with Crippen LogP contribution in [-0.4, -0.2) is 17.5 Å². The largest absolute Gasteiger partial charge is 0.374 e. The molecule has 0 spiro atoms. The SMILES string of the molecule is CC(C)CC[C@]1(C)OC[C@H](C)[C@H]1Sc1ccccc1. The Morgan fingerprint density at radius 1 is 1.32 bits per heavy atom. The lowest BCUT2D eigenvalue weighted by molar-refractivity contribution is 0.0111. The van der Waals surface area contributed by atoms with Gasteiger partial charge in [-0.25, -0.2) is 0 Å². The van der Waals surface area contributed by atoms with Crippen molar-refractivity contribution in [1.82, 2.24) is 0 Å². The van der Waals surface area contributed by atoms with Gasteiger partial charge in [0.25, 0.3) is 0 Å². The molecule has 0 saturated carbocycles. The normalized spacial score (nSPS) is 31.0. The van der Waals surface area contributed by atoms with Crippen molar-refractivity contribution in [2.75, 3.05) is 6.61 Å². The highest BCUT2D eigenvalue weighted by molar-refractivity contribution is 8.00. The second-order valence-electron chi connectivity index (χ2n) is 6.38. The Bertz CT molecular complexity index is 390. The molecule has 19 heavy (non-hydrogen) atoms. The summed E-state index contributed by atoms with van der Waals surface area (Å²) in [4.78, 5) is 1.36. The van der Waals surface area contributed by atoms with Crippen LogP contribution >= 0.6 is 11.8 Å². The fourth-order valence-corrected chi connectivity index (χ4v) is 4.12. The quantitative estimate of drug-likeness (QED) is 0.749. The van der Waals surface area contributed by atoms with Gasteiger partial charge in [0, 0.05) is 10.1 Å². The number of ether oxygens (including phenoxy) is 1. The minimum Gasteiger partial charge on any atom is -0.374 e. The first-order valence-corrected chi connectivity index (χ1v) is 8.25. The second kappa shape index (κ2) is 6.32. The molecule has 106 valence electrons. The summed E-state index contributed by atoms with van der Waals surface area (Å²) in [5, 5.41) is 0.564. The van der Waals surface area contributed by atoms with Crippen LogP contribution in [0, 0.1) is 11.8 Å². The molecule has 3 atom stereocenters. The van der Waals surface area contributed by atoms with E-state index < -0.39 is 0 Å². The Balaban J connectivity index is 2.06. The number of hydrogen-bond donors (Lipinski definition) is 0. The summed E-state index contributed by atoms with van der Waals surface area (Å²) in [6.07, 6.45) is 2.41. The van der Waals surface area contributed by atoms with Crippen LogP contribution in [0.25, 0.3) is 0 Å². The molecule has 0 amide bonds. The molecule has 2 rings (SSSR count). The lowest BCUT2D eigenvalue weighted by Crippen LogP contribution is -2.36. The summed E-state index contributed by atoms with van der Waals surface area (Å²) in [7, 11) is 0. The zero-order valence-electron chi connectivity index (χ0n) is 12.6. The van der Waals surface area contributed by atoms with Gasteiger partial charge in [-0.05, 0) is 43.7 Å². The minimum atomic E-state index is 0.0319. The molecule has 0 bridgehead atoms. The number of benzene rings is 1. The van der Waals surface area contributed by atoms with E-state index in [4.69, 9.17) is 4.74 Å². The lowest BCUT2D eigenvalue weighted by atomic mass is 9.89. The van der Waals surface area contributed by atoms with Gasteiger partial charge in [-0.15, -0.1) is 11.8 Å². The first kappa shape index (κ1) is 14.9. The maximum absolute atomic E-state index is 6.17. The number of thioether (sulfide) groups is 1. The van der Waals surface area contributed by atoms with E-state index in [0.29, 0.717) is 11.2 Å². The predicted octanol–water partition coefficient (Wildman–Crippen LogP) is 5.01. The van der Waals surface area contributed by atoms with E-state index in [1.807, 2.05) is 11.8 Å². The van der Waals surface area contributed by atoms with Crippen molar-refractivity contribution in [3.8, 4) is 0 Å². The monoisotopic (exact) mass is 278 g/mol. The fourth-order valence-electron chi connectivity index (χ4n) is 2.77. The van der Waals surface area contributed by atoms with Crippen LogP contribution in [0.15, 0.2) is 35.2 Å². The van der Waals surface area contributed by atoms with Gasteiger partial charge in [-0.2, -0.15) is 0 Å². The summed E-state index contributed by atoms with van der Waals surface area (Å²) in [6.45, 7) is 10.1. The van der Waals surface area contributed by atoms with Gasteiger partial charge < -0.3 is 4.74 Å². The van der Waals surface area contributed by atoms with E-state index in [0.717, 1.165) is 12.5 Å². The standard InChI is InChI=1S/C17H26OS/c1-13(2)10-11-17(4)16(14(3)12-18-17)19-15-8-6-5-7-9-15/h5-9,13-14,16H,10-12H2,1-4H3/t14-,16+,17-/m0/s1. The van der Waals surface area contributed by atoms with Crippen molar-refractivity contribution in [1.29, 1.82) is 0 Å². The molecule has 1 aromatic carbocycles. The maximum Gasteiger partial charge on any atom is 0.0779 e. The Labute approximate surface area is 122 Å². The van der Waals surface area contributed by atoms with E-state index in [1.54, 1.807) is 0 Å². The smallest absolute Gasteiger partial charge is 0.0779 e. The predicted molar refractivity (Wildman–Crippen MR) is 83.7 cm³/mol. The highest BCUT2D eigenvalue weighted by Crippen LogP contribution is 2.44. The van der Waals surface area contributed by atoms with Crippen LogP contribution in [0.5, 0.6) is 0 Å². The summed E-state index contributed by atoms with van der Waals surface area (Å²) in [5.74, 6) is 1.38. The Morgan fingerprint density at radius 2 is 2.00 bits per heavy atom. The van der Waals surface area contributed by atoms with Crippen LogP contribution in [0.1, 0.15) is 40.5 Å².